The molecule has 0 aliphatic rings. The van der Waals surface area contributed by atoms with E-state index in [1.54, 1.807) is 29.9 Å². The Balaban J connectivity index is 1.53. The van der Waals surface area contributed by atoms with Gasteiger partial charge in [-0.05, 0) is 35.7 Å². The molecule has 0 unspecified atom stereocenters. The molecule has 2 N–H and O–H groups in total. The van der Waals surface area contributed by atoms with Crippen molar-refractivity contribution in [3.8, 4) is 33.2 Å². The Kier molecular flexibility index (Phi) is 3.54. The van der Waals surface area contributed by atoms with Crippen molar-refractivity contribution >= 4 is 33.3 Å². The number of benzene rings is 1. The first kappa shape index (κ1) is 16.1. The summed E-state index contributed by atoms with van der Waals surface area (Å²) in [6, 6.07) is 16.3. The lowest BCUT2D eigenvalue weighted by Gasteiger charge is -2.00. The smallest absolute Gasteiger partial charge is 0.159 e. The Morgan fingerprint density at radius 1 is 0.931 bits per heavy atom. The molecular formula is C22H14N6S. The van der Waals surface area contributed by atoms with Gasteiger partial charge in [-0.1, -0.05) is 18.2 Å². The molecule has 7 heteroatoms. The van der Waals surface area contributed by atoms with Gasteiger partial charge in [-0.25, -0.2) is 4.98 Å². The minimum Gasteiger partial charge on any atom is -0.337 e. The Morgan fingerprint density at radius 3 is 2.72 bits per heavy atom. The van der Waals surface area contributed by atoms with Gasteiger partial charge in [0.1, 0.15) is 5.69 Å². The van der Waals surface area contributed by atoms with Crippen LogP contribution in [0.25, 0.3) is 55.2 Å². The Morgan fingerprint density at radius 2 is 1.86 bits per heavy atom. The van der Waals surface area contributed by atoms with Crippen LogP contribution in [0.1, 0.15) is 0 Å². The number of H-pyrrole nitrogens is 2. The molecule has 0 spiro atoms. The van der Waals surface area contributed by atoms with Crippen molar-refractivity contribution in [2.24, 2.45) is 0 Å². The maximum absolute atomic E-state index is 4.90. The van der Waals surface area contributed by atoms with Crippen LogP contribution in [-0.2, 0) is 0 Å². The second-order valence-corrected chi connectivity index (χ2v) is 7.64. The highest BCUT2D eigenvalue weighted by molar-refractivity contribution is 7.13. The molecule has 0 amide bonds. The lowest BCUT2D eigenvalue weighted by Crippen LogP contribution is -1.85. The quantitative estimate of drug-likeness (QED) is 0.427. The number of imidazole rings is 1. The number of rotatable bonds is 3. The Labute approximate surface area is 169 Å². The molecule has 6 nitrogen and oxygen atoms in total. The molecule has 0 bridgehead atoms. The highest BCUT2D eigenvalue weighted by atomic mass is 32.1. The van der Waals surface area contributed by atoms with Crippen LogP contribution in [0.2, 0.25) is 0 Å². The summed E-state index contributed by atoms with van der Waals surface area (Å²) in [7, 11) is 0. The number of fused-ring (bicyclic) bond motifs is 2. The summed E-state index contributed by atoms with van der Waals surface area (Å²) in [5, 5.41) is 10.6. The number of hydrogen-bond acceptors (Lipinski definition) is 5. The van der Waals surface area contributed by atoms with Gasteiger partial charge in [-0.3, -0.25) is 15.1 Å². The first-order chi connectivity index (χ1) is 14.4. The fraction of sp³-hybridized carbons (Fsp3) is 0. The van der Waals surface area contributed by atoms with Crippen LogP contribution in [0.15, 0.2) is 72.5 Å². The number of hydrogen-bond donors (Lipinski definition) is 2. The van der Waals surface area contributed by atoms with E-state index in [0.717, 1.165) is 50.3 Å². The van der Waals surface area contributed by atoms with E-state index in [1.807, 2.05) is 30.3 Å². The molecule has 0 saturated heterocycles. The van der Waals surface area contributed by atoms with Crippen LogP contribution in [0.3, 0.4) is 0 Å². The normalized spacial score (nSPS) is 11.4. The van der Waals surface area contributed by atoms with Gasteiger partial charge in [-0.2, -0.15) is 5.10 Å². The summed E-state index contributed by atoms with van der Waals surface area (Å²) in [6.07, 6.45) is 5.34. The third kappa shape index (κ3) is 2.63. The first-order valence-electron chi connectivity index (χ1n) is 9.14. The molecule has 5 heterocycles. The summed E-state index contributed by atoms with van der Waals surface area (Å²) in [5.74, 6) is 0.738. The zero-order chi connectivity index (χ0) is 19.2. The molecule has 29 heavy (non-hydrogen) atoms. The van der Waals surface area contributed by atoms with Crippen molar-refractivity contribution in [1.82, 2.24) is 30.1 Å². The van der Waals surface area contributed by atoms with Crippen molar-refractivity contribution < 1.29 is 0 Å². The zero-order valence-corrected chi connectivity index (χ0v) is 15.9. The van der Waals surface area contributed by atoms with Gasteiger partial charge in [0, 0.05) is 33.8 Å². The van der Waals surface area contributed by atoms with E-state index < -0.39 is 0 Å². The average Bonchev–Trinajstić information content (AvgIpc) is 3.52. The molecule has 0 atom stereocenters. The van der Waals surface area contributed by atoms with E-state index in [2.05, 4.69) is 48.7 Å². The number of aromatic nitrogens is 6. The predicted octanol–water partition coefficient (Wildman–Crippen LogP) is 5.29. The minimum absolute atomic E-state index is 0.738. The van der Waals surface area contributed by atoms with Crippen molar-refractivity contribution in [3.63, 3.8) is 0 Å². The number of pyridine rings is 2. The largest absolute Gasteiger partial charge is 0.337 e. The number of aromatic amines is 2. The van der Waals surface area contributed by atoms with Crippen molar-refractivity contribution in [3.05, 3.63) is 72.5 Å². The van der Waals surface area contributed by atoms with Crippen LogP contribution >= 0.6 is 11.3 Å². The minimum atomic E-state index is 0.738. The maximum atomic E-state index is 4.90. The van der Waals surface area contributed by atoms with Crippen LogP contribution < -0.4 is 0 Å². The standard InChI is InChI=1S/C22H14N6S/c1-3-14(19-5-2-10-29-19)20-16(4-1)25-22(26-20)21-15-11-17(13-6-8-23-9-7-13)24-12-18(15)27-28-21/h1-12H,(H,25,26)(H,27,28). The second-order valence-electron chi connectivity index (χ2n) is 6.69. The van der Waals surface area contributed by atoms with Crippen molar-refractivity contribution in [2.45, 2.75) is 0 Å². The van der Waals surface area contributed by atoms with Gasteiger partial charge in [0.15, 0.2) is 5.82 Å². The SMILES string of the molecule is c1csc(-c2cccc3[nH]c(-c4n[nH]c5cnc(-c6ccncc6)cc45)nc23)c1. The molecule has 0 saturated carbocycles. The molecule has 6 aromatic rings. The third-order valence-electron chi connectivity index (χ3n) is 4.95. The lowest BCUT2D eigenvalue weighted by atomic mass is 10.1. The molecule has 5 aromatic heterocycles. The van der Waals surface area contributed by atoms with E-state index in [9.17, 15) is 0 Å². The Hall–Kier alpha value is -3.84. The highest BCUT2D eigenvalue weighted by Crippen LogP contribution is 2.33. The van der Waals surface area contributed by atoms with Gasteiger partial charge in [0.2, 0.25) is 0 Å². The fourth-order valence-electron chi connectivity index (χ4n) is 3.55. The van der Waals surface area contributed by atoms with Crippen molar-refractivity contribution in [2.75, 3.05) is 0 Å². The van der Waals surface area contributed by atoms with Crippen LogP contribution in [0.4, 0.5) is 0 Å². The second kappa shape index (κ2) is 6.35. The van der Waals surface area contributed by atoms with Gasteiger partial charge < -0.3 is 4.98 Å². The summed E-state index contributed by atoms with van der Waals surface area (Å²) in [5.41, 5.74) is 6.60. The molecule has 1 aromatic carbocycles. The molecular weight excluding hydrogens is 380 g/mol. The van der Waals surface area contributed by atoms with Crippen LogP contribution in [0, 0.1) is 0 Å². The summed E-state index contributed by atoms with van der Waals surface area (Å²) in [4.78, 5) is 18.2. The maximum Gasteiger partial charge on any atom is 0.159 e. The molecule has 0 fully saturated rings. The summed E-state index contributed by atoms with van der Waals surface area (Å²) >= 11 is 1.71. The molecule has 6 rings (SSSR count). The number of para-hydroxylation sites is 1. The first-order valence-corrected chi connectivity index (χ1v) is 10.0. The predicted molar refractivity (Wildman–Crippen MR) is 116 cm³/mol. The van der Waals surface area contributed by atoms with E-state index in [1.165, 1.54) is 4.88 Å². The molecule has 138 valence electrons. The van der Waals surface area contributed by atoms with Crippen LogP contribution in [0.5, 0.6) is 0 Å². The monoisotopic (exact) mass is 394 g/mol. The van der Waals surface area contributed by atoms with Gasteiger partial charge in [0.25, 0.3) is 0 Å². The average molecular weight is 394 g/mol. The van der Waals surface area contributed by atoms with Gasteiger partial charge in [-0.15, -0.1) is 11.3 Å². The van der Waals surface area contributed by atoms with E-state index >= 15 is 0 Å². The van der Waals surface area contributed by atoms with Gasteiger partial charge in [0.05, 0.1) is 28.4 Å². The zero-order valence-electron chi connectivity index (χ0n) is 15.1. The number of nitrogens with one attached hydrogen (secondary N) is 2. The molecule has 0 aliphatic heterocycles. The Bertz CT molecular complexity index is 1450. The lowest BCUT2D eigenvalue weighted by molar-refractivity contribution is 1.10. The fourth-order valence-corrected chi connectivity index (χ4v) is 4.31. The number of nitrogens with zero attached hydrogens (tertiary/aromatic N) is 4. The van der Waals surface area contributed by atoms with E-state index in [0.29, 0.717) is 0 Å². The third-order valence-corrected chi connectivity index (χ3v) is 5.85. The summed E-state index contributed by atoms with van der Waals surface area (Å²) in [6.45, 7) is 0. The van der Waals surface area contributed by atoms with E-state index in [4.69, 9.17) is 4.98 Å². The van der Waals surface area contributed by atoms with Gasteiger partial charge >= 0.3 is 0 Å². The van der Waals surface area contributed by atoms with Crippen LogP contribution in [-0.4, -0.2) is 30.1 Å². The molecule has 0 radical (unpaired) electrons. The molecule has 0 aliphatic carbocycles. The topological polar surface area (TPSA) is 83.1 Å². The highest BCUT2D eigenvalue weighted by Gasteiger charge is 2.16. The van der Waals surface area contributed by atoms with E-state index in [-0.39, 0.29) is 0 Å². The number of thiophene rings is 1. The summed E-state index contributed by atoms with van der Waals surface area (Å²) < 4.78 is 0. The van der Waals surface area contributed by atoms with Crippen molar-refractivity contribution in [1.29, 1.82) is 0 Å².